The zero-order valence-corrected chi connectivity index (χ0v) is 39.1. The van der Waals surface area contributed by atoms with Gasteiger partial charge in [0.05, 0.1) is 48.7 Å². The van der Waals surface area contributed by atoms with Crippen LogP contribution in [0.1, 0.15) is 123 Å². The van der Waals surface area contributed by atoms with E-state index in [1.54, 1.807) is 32.6 Å². The normalized spacial score (nSPS) is 29.0. The molecule has 3 amide bonds. The second kappa shape index (κ2) is 18.2. The highest BCUT2D eigenvalue weighted by molar-refractivity contribution is 7.91. The smallest absolute Gasteiger partial charge is 0.307 e. The van der Waals surface area contributed by atoms with Crippen molar-refractivity contribution in [3.63, 3.8) is 0 Å². The number of morpholine rings is 1. The van der Waals surface area contributed by atoms with E-state index in [-0.39, 0.29) is 31.7 Å². The topological polar surface area (TPSA) is 183 Å². The Hall–Kier alpha value is -4.28. The van der Waals surface area contributed by atoms with Crippen LogP contribution in [-0.4, -0.2) is 120 Å². The maximum atomic E-state index is 15.0. The highest BCUT2D eigenvalue weighted by atomic mass is 32.2. The Morgan fingerprint density at radius 1 is 1.06 bits per heavy atom. The van der Waals surface area contributed by atoms with Crippen LogP contribution in [-0.2, 0) is 51.5 Å². The summed E-state index contributed by atoms with van der Waals surface area (Å²) < 4.78 is 52.5. The van der Waals surface area contributed by atoms with Gasteiger partial charge in [0.1, 0.15) is 34.3 Å². The molecule has 2 aromatic rings. The van der Waals surface area contributed by atoms with Crippen LogP contribution in [0, 0.1) is 11.8 Å². The van der Waals surface area contributed by atoms with Gasteiger partial charge in [-0.1, -0.05) is 31.9 Å². The Kier molecular flexibility index (Phi) is 13.1. The third-order valence-corrected chi connectivity index (χ3v) is 16.3. The number of aromatic nitrogens is 1. The van der Waals surface area contributed by atoms with E-state index in [0.717, 1.165) is 80.0 Å². The van der Waals surface area contributed by atoms with Gasteiger partial charge in [-0.05, 0) is 110 Å². The maximum Gasteiger partial charge on any atom is 0.307 e. The van der Waals surface area contributed by atoms with Crippen molar-refractivity contribution in [2.24, 2.45) is 11.8 Å². The first kappa shape index (κ1) is 46.3. The minimum Gasteiger partial charge on any atom is -0.494 e. The van der Waals surface area contributed by atoms with Crippen molar-refractivity contribution < 1.29 is 46.5 Å². The van der Waals surface area contributed by atoms with Crippen LogP contribution in [0.15, 0.2) is 30.4 Å². The quantitative estimate of drug-likeness (QED) is 0.169. The number of pyridine rings is 1. The summed E-state index contributed by atoms with van der Waals surface area (Å²) in [5.41, 5.74) is -0.625. The van der Waals surface area contributed by atoms with E-state index in [0.29, 0.717) is 63.7 Å². The molecule has 0 radical (unpaired) electrons. The average Bonchev–Trinajstić information content (AvgIpc) is 4.15. The van der Waals surface area contributed by atoms with Gasteiger partial charge in [0.2, 0.25) is 21.8 Å². The van der Waals surface area contributed by atoms with E-state index in [2.05, 4.69) is 14.9 Å². The Balaban J connectivity index is 1.09. The second-order valence-corrected chi connectivity index (χ2v) is 22.4. The van der Waals surface area contributed by atoms with Gasteiger partial charge in [-0.3, -0.25) is 28.8 Å². The van der Waals surface area contributed by atoms with Gasteiger partial charge in [0, 0.05) is 48.8 Å². The molecule has 2 N–H and O–H groups in total. The molecule has 6 aliphatic rings. The van der Waals surface area contributed by atoms with Crippen molar-refractivity contribution >= 4 is 44.6 Å². The molecule has 2 aliphatic carbocycles. The van der Waals surface area contributed by atoms with E-state index < -0.39 is 67.2 Å². The number of carbonyl (C=O) groups excluding carboxylic acids is 4. The molecular formula is C48H67N5O10S. The van der Waals surface area contributed by atoms with Gasteiger partial charge >= 0.3 is 5.97 Å². The third-order valence-electron chi connectivity index (χ3n) is 14.1. The monoisotopic (exact) mass is 905 g/mol. The van der Waals surface area contributed by atoms with Crippen LogP contribution in [0.4, 0.5) is 0 Å². The lowest BCUT2D eigenvalue weighted by molar-refractivity contribution is -0.159. The van der Waals surface area contributed by atoms with Crippen molar-refractivity contribution in [2.75, 3.05) is 46.0 Å². The first-order valence-corrected chi connectivity index (χ1v) is 25.1. The number of ether oxygens (including phenoxy) is 4. The van der Waals surface area contributed by atoms with Crippen LogP contribution >= 0.6 is 0 Å². The number of amides is 3. The van der Waals surface area contributed by atoms with Gasteiger partial charge in [-0.2, -0.15) is 0 Å². The molecule has 2 saturated heterocycles. The van der Waals surface area contributed by atoms with Gasteiger partial charge in [0.15, 0.2) is 0 Å². The van der Waals surface area contributed by atoms with E-state index in [4.69, 9.17) is 23.9 Å². The third kappa shape index (κ3) is 9.93. The number of hydrogen-bond donors (Lipinski definition) is 2. The van der Waals surface area contributed by atoms with E-state index in [1.165, 1.54) is 0 Å². The van der Waals surface area contributed by atoms with Crippen molar-refractivity contribution in [3.8, 4) is 11.5 Å². The second-order valence-electron chi connectivity index (χ2n) is 20.2. The van der Waals surface area contributed by atoms with Gasteiger partial charge in [-0.25, -0.2) is 13.4 Å². The Morgan fingerprint density at radius 3 is 2.58 bits per heavy atom. The molecule has 2 saturated carbocycles. The summed E-state index contributed by atoms with van der Waals surface area (Å²) >= 11 is 0. The molecule has 1 aromatic carbocycles. The largest absolute Gasteiger partial charge is 0.494 e. The summed E-state index contributed by atoms with van der Waals surface area (Å²) in [5, 5.41) is 3.93. The summed E-state index contributed by atoms with van der Waals surface area (Å²) in [7, 11) is -4.00. The molecule has 5 atom stereocenters. The first-order valence-electron chi connectivity index (χ1n) is 23.6. The molecular weight excluding hydrogens is 839 g/mol. The van der Waals surface area contributed by atoms with Crippen LogP contribution in [0.2, 0.25) is 0 Å². The molecule has 1 spiro atoms. The van der Waals surface area contributed by atoms with Crippen LogP contribution in [0.5, 0.6) is 11.5 Å². The number of esters is 1. The van der Waals surface area contributed by atoms with Crippen LogP contribution < -0.4 is 19.5 Å². The minimum atomic E-state index is -4.00. The van der Waals surface area contributed by atoms with Crippen molar-refractivity contribution in [3.05, 3.63) is 41.6 Å². The molecule has 0 unspecified atom stereocenters. The lowest BCUT2D eigenvalue weighted by Crippen LogP contribution is -2.57. The number of fused-ring (bicyclic) bond motifs is 5. The maximum absolute atomic E-state index is 15.0. The molecule has 15 nitrogen and oxygen atoms in total. The lowest BCUT2D eigenvalue weighted by Gasteiger charge is -2.37. The molecule has 1 aromatic heterocycles. The summed E-state index contributed by atoms with van der Waals surface area (Å²) in [6.07, 6.45) is 11.0. The Bertz CT molecular complexity index is 2270. The number of nitrogens with zero attached hydrogens (tertiary/aromatic N) is 3. The highest BCUT2D eigenvalue weighted by Gasteiger charge is 2.64. The summed E-state index contributed by atoms with van der Waals surface area (Å²) in [4.78, 5) is 66.3. The van der Waals surface area contributed by atoms with Gasteiger partial charge in [0.25, 0.3) is 5.91 Å². The number of sulfonamides is 1. The van der Waals surface area contributed by atoms with Crippen LogP contribution in [0.25, 0.3) is 10.9 Å². The zero-order chi connectivity index (χ0) is 45.5. The predicted molar refractivity (Wildman–Crippen MR) is 240 cm³/mol. The minimum absolute atomic E-state index is 0.0803. The zero-order valence-electron chi connectivity index (χ0n) is 38.3. The number of nitrogens with one attached hydrogen (secondary N) is 2. The number of rotatable bonds is 11. The number of allylic oxidation sites excluding steroid dienone is 1. The van der Waals surface area contributed by atoms with Gasteiger partial charge in [-0.15, -0.1) is 0 Å². The Morgan fingerprint density at radius 2 is 1.84 bits per heavy atom. The highest BCUT2D eigenvalue weighted by Crippen LogP contribution is 2.49. The number of aryl methyl sites for hydroxylation is 2. The lowest BCUT2D eigenvalue weighted by atomic mass is 9.87. The summed E-state index contributed by atoms with van der Waals surface area (Å²) in [5.74, 6) is -1.94. The fourth-order valence-electron chi connectivity index (χ4n) is 9.92. The molecule has 5 heterocycles. The number of carbonyl (C=O) groups is 4. The fourth-order valence-corrected chi connectivity index (χ4v) is 11.2. The van der Waals surface area contributed by atoms with E-state index in [9.17, 15) is 22.8 Å². The van der Waals surface area contributed by atoms with Crippen molar-refractivity contribution in [1.82, 2.24) is 24.8 Å². The summed E-state index contributed by atoms with van der Waals surface area (Å²) in [6.45, 7) is 14.0. The predicted octanol–water partition coefficient (Wildman–Crippen LogP) is 5.30. The SMILES string of the molecule is CCc1nc2ccc(OCCCN3CCOCC3)cc2c2c1O[C@]1(CC2)C[C@H]2C(=O)N[C@]3(C(=O)NS(=O)(=O)C4(C)CC4)C[C@H]3/C=C\CCCCC[C@H](CC(=O)OC(C)(C)C)C(=O)N2C1. The standard InChI is InChI=1S/C48H67N5O10S/c1-6-37-41-35(36-28-34(15-16-38(36)49-37)61-24-12-21-52-22-25-60-26-23-52)17-18-47(63-41)30-39-42(55)50-48(44(57)51-64(58,59)46(5)19-20-46)29-33(48)14-11-9-7-8-10-13-32(43(56)53(39)31-47)27-40(54)62-45(2,3)4/h11,14-16,28,32-33,39H,6-10,12-13,17-27,29-31H2,1-5H3,(H,50,55)(H,51,57)/b14-11-/t32-,33-,39+,47-,48-/m1/s1. The number of hydrogen-bond acceptors (Lipinski definition) is 12. The van der Waals surface area contributed by atoms with Crippen molar-refractivity contribution in [1.29, 1.82) is 0 Å². The molecule has 350 valence electrons. The number of benzene rings is 1. The Labute approximate surface area is 377 Å². The van der Waals surface area contributed by atoms with Crippen molar-refractivity contribution in [2.45, 2.75) is 152 Å². The fraction of sp³-hybridized carbons (Fsp3) is 0.688. The molecule has 4 fully saturated rings. The average molecular weight is 906 g/mol. The van der Waals surface area contributed by atoms with Crippen LogP contribution in [0.3, 0.4) is 0 Å². The van der Waals surface area contributed by atoms with E-state index >= 15 is 4.79 Å². The summed E-state index contributed by atoms with van der Waals surface area (Å²) in [6, 6.07) is 4.90. The molecule has 4 aliphatic heterocycles. The van der Waals surface area contributed by atoms with E-state index in [1.807, 2.05) is 37.3 Å². The molecule has 0 bridgehead atoms. The molecule has 16 heteroatoms. The molecule has 64 heavy (non-hydrogen) atoms. The van der Waals surface area contributed by atoms with Gasteiger partial charge < -0.3 is 29.2 Å². The molecule has 8 rings (SSSR count). The first-order chi connectivity index (χ1) is 30.4.